The van der Waals surface area contributed by atoms with E-state index in [9.17, 15) is 14.0 Å². The number of anilines is 1. The molecule has 1 aromatic carbocycles. The van der Waals surface area contributed by atoms with Gasteiger partial charge in [-0.3, -0.25) is 4.79 Å². The van der Waals surface area contributed by atoms with Crippen LogP contribution in [0, 0.1) is 5.82 Å². The standard InChI is InChI=1S/C16H15FN4O3/c17-11-5-8(1-3-10(11)16(23)24)14-15(18)20-7-12(21-14)9-2-4-13(22)19-6-9/h1,3,5,7,9H,2,4,6H2,(H2,18,20)(H,19,22)(H,23,24). The number of carboxylic acid groups (broad SMARTS) is 1. The molecule has 24 heavy (non-hydrogen) atoms. The van der Waals surface area contributed by atoms with Gasteiger partial charge in [0.05, 0.1) is 17.5 Å². The highest BCUT2D eigenvalue weighted by molar-refractivity contribution is 5.89. The zero-order valence-electron chi connectivity index (χ0n) is 12.6. The molecular weight excluding hydrogens is 315 g/mol. The molecule has 124 valence electrons. The number of aromatic carboxylic acids is 1. The van der Waals surface area contributed by atoms with Crippen molar-refractivity contribution in [1.82, 2.24) is 15.3 Å². The molecule has 8 heteroatoms. The summed E-state index contributed by atoms with van der Waals surface area (Å²) in [7, 11) is 0. The number of carbonyl (C=O) groups is 2. The second-order valence-corrected chi connectivity index (χ2v) is 5.57. The Labute approximate surface area is 136 Å². The molecule has 2 aromatic rings. The molecule has 1 aliphatic heterocycles. The van der Waals surface area contributed by atoms with Gasteiger partial charge in [0.25, 0.3) is 0 Å². The molecule has 1 fully saturated rings. The van der Waals surface area contributed by atoms with E-state index in [1.165, 1.54) is 12.1 Å². The lowest BCUT2D eigenvalue weighted by Crippen LogP contribution is -2.34. The summed E-state index contributed by atoms with van der Waals surface area (Å²) in [6.45, 7) is 0.461. The molecule has 1 aromatic heterocycles. The number of aromatic nitrogens is 2. The Bertz CT molecular complexity index is 815. The zero-order valence-corrected chi connectivity index (χ0v) is 12.6. The van der Waals surface area contributed by atoms with Gasteiger partial charge in [-0.15, -0.1) is 0 Å². The maximum absolute atomic E-state index is 13.9. The quantitative estimate of drug-likeness (QED) is 0.786. The Morgan fingerprint density at radius 1 is 1.42 bits per heavy atom. The van der Waals surface area contributed by atoms with Gasteiger partial charge in [-0.05, 0) is 18.6 Å². The third-order valence-corrected chi connectivity index (χ3v) is 3.98. The van der Waals surface area contributed by atoms with Gasteiger partial charge in [-0.1, -0.05) is 6.07 Å². The SMILES string of the molecule is Nc1ncc(C2CCC(=O)NC2)nc1-c1ccc(C(=O)O)c(F)c1. The fourth-order valence-corrected chi connectivity index (χ4v) is 2.64. The second-order valence-electron chi connectivity index (χ2n) is 5.57. The number of nitrogens with two attached hydrogens (primary N) is 1. The van der Waals surface area contributed by atoms with Crippen LogP contribution in [-0.4, -0.2) is 33.5 Å². The zero-order chi connectivity index (χ0) is 17.3. The lowest BCUT2D eigenvalue weighted by molar-refractivity contribution is -0.122. The minimum absolute atomic E-state index is 0.00112. The molecular formula is C16H15FN4O3. The molecule has 1 unspecified atom stereocenters. The molecule has 0 radical (unpaired) electrons. The Kier molecular flexibility index (Phi) is 4.11. The van der Waals surface area contributed by atoms with Gasteiger partial charge in [-0.2, -0.15) is 0 Å². The predicted octanol–water partition coefficient (Wildman–Crippen LogP) is 1.56. The van der Waals surface area contributed by atoms with Crippen molar-refractivity contribution in [3.8, 4) is 11.3 Å². The Morgan fingerprint density at radius 2 is 2.21 bits per heavy atom. The van der Waals surface area contributed by atoms with Gasteiger partial charge >= 0.3 is 5.97 Å². The van der Waals surface area contributed by atoms with Gasteiger partial charge < -0.3 is 16.2 Å². The van der Waals surface area contributed by atoms with Crippen LogP contribution in [0.15, 0.2) is 24.4 Å². The van der Waals surface area contributed by atoms with E-state index in [1.807, 2.05) is 0 Å². The number of piperidine rings is 1. The maximum atomic E-state index is 13.9. The fourth-order valence-electron chi connectivity index (χ4n) is 2.64. The first-order chi connectivity index (χ1) is 11.5. The van der Waals surface area contributed by atoms with E-state index >= 15 is 0 Å². The Morgan fingerprint density at radius 3 is 2.83 bits per heavy atom. The number of amides is 1. The third kappa shape index (κ3) is 3.03. The van der Waals surface area contributed by atoms with E-state index in [0.29, 0.717) is 36.3 Å². The average molecular weight is 330 g/mol. The van der Waals surface area contributed by atoms with E-state index in [0.717, 1.165) is 6.07 Å². The smallest absolute Gasteiger partial charge is 0.338 e. The summed E-state index contributed by atoms with van der Waals surface area (Å²) in [6.07, 6.45) is 2.60. The Hall–Kier alpha value is -3.03. The molecule has 2 heterocycles. The minimum atomic E-state index is -1.34. The van der Waals surface area contributed by atoms with E-state index < -0.39 is 17.3 Å². The normalized spacial score (nSPS) is 17.4. The van der Waals surface area contributed by atoms with Crippen molar-refractivity contribution in [1.29, 1.82) is 0 Å². The van der Waals surface area contributed by atoms with Gasteiger partial charge in [0.2, 0.25) is 5.91 Å². The topological polar surface area (TPSA) is 118 Å². The molecule has 1 amide bonds. The highest BCUT2D eigenvalue weighted by atomic mass is 19.1. The van der Waals surface area contributed by atoms with Crippen LogP contribution in [0.5, 0.6) is 0 Å². The number of nitrogens with one attached hydrogen (secondary N) is 1. The number of nitrogen functional groups attached to an aromatic ring is 1. The third-order valence-electron chi connectivity index (χ3n) is 3.98. The van der Waals surface area contributed by atoms with Gasteiger partial charge in [0, 0.05) is 24.4 Å². The van der Waals surface area contributed by atoms with Crippen molar-refractivity contribution < 1.29 is 19.1 Å². The summed E-state index contributed by atoms with van der Waals surface area (Å²) in [5.74, 6) is -2.07. The highest BCUT2D eigenvalue weighted by Crippen LogP contribution is 2.28. The van der Waals surface area contributed by atoms with Crippen molar-refractivity contribution in [2.45, 2.75) is 18.8 Å². The molecule has 3 rings (SSSR count). The summed E-state index contributed by atoms with van der Waals surface area (Å²) >= 11 is 0. The molecule has 0 spiro atoms. The molecule has 0 saturated carbocycles. The van der Waals surface area contributed by atoms with Crippen LogP contribution in [0.1, 0.15) is 34.8 Å². The first kappa shape index (κ1) is 15.9. The van der Waals surface area contributed by atoms with E-state index in [1.54, 1.807) is 6.20 Å². The van der Waals surface area contributed by atoms with E-state index in [4.69, 9.17) is 10.8 Å². The molecule has 7 nitrogen and oxygen atoms in total. The number of hydrogen-bond donors (Lipinski definition) is 3. The van der Waals surface area contributed by atoms with Crippen molar-refractivity contribution in [2.24, 2.45) is 0 Å². The van der Waals surface area contributed by atoms with Crippen molar-refractivity contribution in [2.75, 3.05) is 12.3 Å². The predicted molar refractivity (Wildman–Crippen MR) is 83.8 cm³/mol. The monoisotopic (exact) mass is 330 g/mol. The largest absolute Gasteiger partial charge is 0.478 e. The lowest BCUT2D eigenvalue weighted by Gasteiger charge is -2.22. The number of hydrogen-bond acceptors (Lipinski definition) is 5. The van der Waals surface area contributed by atoms with Crippen molar-refractivity contribution in [3.05, 3.63) is 41.5 Å². The van der Waals surface area contributed by atoms with Crippen LogP contribution >= 0.6 is 0 Å². The Balaban J connectivity index is 1.96. The number of benzene rings is 1. The molecule has 1 atom stereocenters. The highest BCUT2D eigenvalue weighted by Gasteiger charge is 2.22. The number of carboxylic acids is 1. The van der Waals surface area contributed by atoms with Crippen molar-refractivity contribution in [3.63, 3.8) is 0 Å². The van der Waals surface area contributed by atoms with Crippen LogP contribution < -0.4 is 11.1 Å². The molecule has 1 saturated heterocycles. The first-order valence-electron chi connectivity index (χ1n) is 7.38. The van der Waals surface area contributed by atoms with Crippen LogP contribution in [0.3, 0.4) is 0 Å². The number of halogens is 1. The van der Waals surface area contributed by atoms with Gasteiger partial charge in [0.15, 0.2) is 0 Å². The van der Waals surface area contributed by atoms with Gasteiger partial charge in [-0.25, -0.2) is 19.2 Å². The first-order valence-corrected chi connectivity index (χ1v) is 7.38. The lowest BCUT2D eigenvalue weighted by atomic mass is 9.96. The molecule has 0 bridgehead atoms. The van der Waals surface area contributed by atoms with E-state index in [-0.39, 0.29) is 17.6 Å². The molecule has 4 N–H and O–H groups in total. The average Bonchev–Trinajstić information content (AvgIpc) is 2.55. The van der Waals surface area contributed by atoms with Crippen molar-refractivity contribution >= 4 is 17.7 Å². The van der Waals surface area contributed by atoms with Crippen LogP contribution in [0.2, 0.25) is 0 Å². The number of carbonyl (C=O) groups excluding carboxylic acids is 1. The number of nitrogens with zero attached hydrogens (tertiary/aromatic N) is 2. The summed E-state index contributed by atoms with van der Waals surface area (Å²) in [5, 5.41) is 11.7. The van der Waals surface area contributed by atoms with Crippen LogP contribution in [0.25, 0.3) is 11.3 Å². The summed E-state index contributed by atoms with van der Waals surface area (Å²) in [6, 6.07) is 3.69. The molecule has 1 aliphatic rings. The summed E-state index contributed by atoms with van der Waals surface area (Å²) < 4.78 is 13.9. The van der Waals surface area contributed by atoms with E-state index in [2.05, 4.69) is 15.3 Å². The molecule has 0 aliphatic carbocycles. The van der Waals surface area contributed by atoms with Crippen LogP contribution in [0.4, 0.5) is 10.2 Å². The minimum Gasteiger partial charge on any atom is -0.478 e. The maximum Gasteiger partial charge on any atom is 0.338 e. The summed E-state index contributed by atoms with van der Waals surface area (Å²) in [4.78, 5) is 30.7. The summed E-state index contributed by atoms with van der Waals surface area (Å²) in [5.41, 5.74) is 6.72. The van der Waals surface area contributed by atoms with Gasteiger partial charge in [0.1, 0.15) is 17.3 Å². The van der Waals surface area contributed by atoms with Crippen LogP contribution in [-0.2, 0) is 4.79 Å². The second kappa shape index (κ2) is 6.23. The fraction of sp³-hybridized carbons (Fsp3) is 0.250. The number of rotatable bonds is 3.